The first-order valence-electron chi connectivity index (χ1n) is 6.39. The molecule has 2 rings (SSSR count). The van der Waals surface area contributed by atoms with Gasteiger partial charge in [-0.2, -0.15) is 13.2 Å². The molecule has 0 unspecified atom stereocenters. The number of benzene rings is 1. The van der Waals surface area contributed by atoms with Crippen molar-refractivity contribution < 1.29 is 32.2 Å². The van der Waals surface area contributed by atoms with Gasteiger partial charge in [-0.15, -0.1) is 0 Å². The van der Waals surface area contributed by atoms with E-state index in [1.807, 2.05) is 0 Å². The van der Waals surface area contributed by atoms with Crippen LogP contribution in [0, 0.1) is 5.82 Å². The maximum absolute atomic E-state index is 13.6. The Hall–Kier alpha value is -1.87. The number of amides is 1. The molecule has 0 bridgehead atoms. The zero-order valence-electron chi connectivity index (χ0n) is 11.3. The van der Waals surface area contributed by atoms with Gasteiger partial charge in [0.2, 0.25) is 0 Å². The molecule has 0 saturated carbocycles. The smallest absolute Gasteiger partial charge is 0.416 e. The fourth-order valence-corrected chi connectivity index (χ4v) is 2.17. The van der Waals surface area contributed by atoms with Gasteiger partial charge in [0, 0.05) is 12.1 Å². The summed E-state index contributed by atoms with van der Waals surface area (Å²) in [5.41, 5.74) is 4.59. The second kappa shape index (κ2) is 6.09. The Balaban J connectivity index is 1.99. The van der Waals surface area contributed by atoms with Crippen LogP contribution >= 0.6 is 0 Å². The van der Waals surface area contributed by atoms with E-state index in [2.05, 4.69) is 0 Å². The summed E-state index contributed by atoms with van der Waals surface area (Å²) in [5, 5.41) is 8.83. The molecule has 9 heteroatoms. The van der Waals surface area contributed by atoms with Gasteiger partial charge >= 0.3 is 12.3 Å². The molecule has 1 aliphatic rings. The molecule has 1 saturated heterocycles. The maximum atomic E-state index is 13.6. The highest BCUT2D eigenvalue weighted by atomic mass is 19.4. The zero-order chi connectivity index (χ0) is 16.5. The van der Waals surface area contributed by atoms with Crippen molar-refractivity contribution in [2.75, 3.05) is 13.1 Å². The number of halogens is 4. The van der Waals surface area contributed by atoms with E-state index in [9.17, 15) is 22.4 Å². The standard InChI is InChI=1S/C13H14F4N2O3/c14-9-3-8(13(15,16)17)2-1-7(9)6-22-11-5-19(12(20)21)4-10(11)18/h1-3,10-11H,4-6,18H2,(H,20,21)/t10-,11-/m1/s1. The molecule has 1 heterocycles. The Morgan fingerprint density at radius 1 is 1.41 bits per heavy atom. The van der Waals surface area contributed by atoms with Gasteiger partial charge in [-0.1, -0.05) is 6.07 Å². The van der Waals surface area contributed by atoms with Gasteiger partial charge in [0.1, 0.15) is 5.82 Å². The lowest BCUT2D eigenvalue weighted by Gasteiger charge is -2.16. The molecule has 1 fully saturated rings. The van der Waals surface area contributed by atoms with Crippen LogP contribution in [0.25, 0.3) is 0 Å². The predicted octanol–water partition coefficient (Wildman–Crippen LogP) is 2.05. The van der Waals surface area contributed by atoms with Gasteiger partial charge in [-0.05, 0) is 12.1 Å². The SMILES string of the molecule is N[C@@H]1CN(C(=O)O)C[C@H]1OCc1ccc(C(F)(F)F)cc1F. The number of hydrogen-bond acceptors (Lipinski definition) is 3. The normalized spacial score (nSPS) is 22.1. The average molecular weight is 322 g/mol. The maximum Gasteiger partial charge on any atom is 0.416 e. The van der Waals surface area contributed by atoms with Crippen LogP contribution in [0.4, 0.5) is 22.4 Å². The fourth-order valence-electron chi connectivity index (χ4n) is 2.17. The number of alkyl halides is 3. The lowest BCUT2D eigenvalue weighted by atomic mass is 10.1. The van der Waals surface area contributed by atoms with Crippen LogP contribution in [0.15, 0.2) is 18.2 Å². The van der Waals surface area contributed by atoms with E-state index < -0.39 is 35.8 Å². The molecule has 0 aromatic heterocycles. The molecule has 3 N–H and O–H groups in total. The molecule has 1 aromatic rings. The number of carbonyl (C=O) groups is 1. The molecule has 0 aliphatic carbocycles. The second-order valence-electron chi connectivity index (χ2n) is 5.00. The van der Waals surface area contributed by atoms with Crippen LogP contribution in [-0.2, 0) is 17.5 Å². The van der Waals surface area contributed by atoms with E-state index in [1.54, 1.807) is 0 Å². The molecule has 1 aliphatic heterocycles. The molecule has 22 heavy (non-hydrogen) atoms. The van der Waals surface area contributed by atoms with E-state index in [0.29, 0.717) is 6.07 Å². The molecule has 2 atom stereocenters. The van der Waals surface area contributed by atoms with Crippen molar-refractivity contribution in [2.24, 2.45) is 5.73 Å². The summed E-state index contributed by atoms with van der Waals surface area (Å²) in [6, 6.07) is 1.60. The van der Waals surface area contributed by atoms with E-state index in [4.69, 9.17) is 15.6 Å². The van der Waals surface area contributed by atoms with Crippen LogP contribution in [0.5, 0.6) is 0 Å². The van der Waals surface area contributed by atoms with Gasteiger partial charge in [0.25, 0.3) is 0 Å². The van der Waals surface area contributed by atoms with E-state index in [-0.39, 0.29) is 25.3 Å². The van der Waals surface area contributed by atoms with E-state index >= 15 is 0 Å². The number of carboxylic acid groups (broad SMARTS) is 1. The number of nitrogens with zero attached hydrogens (tertiary/aromatic N) is 1. The first-order chi connectivity index (χ1) is 10.2. The summed E-state index contributed by atoms with van der Waals surface area (Å²) < 4.78 is 56.3. The minimum Gasteiger partial charge on any atom is -0.465 e. The number of hydrogen-bond donors (Lipinski definition) is 2. The van der Waals surface area contributed by atoms with Crippen molar-refractivity contribution >= 4 is 6.09 Å². The van der Waals surface area contributed by atoms with Gasteiger partial charge < -0.3 is 20.5 Å². The lowest BCUT2D eigenvalue weighted by molar-refractivity contribution is -0.137. The van der Waals surface area contributed by atoms with Gasteiger partial charge in [0.15, 0.2) is 0 Å². The largest absolute Gasteiger partial charge is 0.465 e. The Bertz CT molecular complexity index is 565. The number of ether oxygens (including phenoxy) is 1. The molecule has 5 nitrogen and oxygen atoms in total. The molecule has 1 amide bonds. The second-order valence-corrected chi connectivity index (χ2v) is 5.00. The quantitative estimate of drug-likeness (QED) is 0.835. The summed E-state index contributed by atoms with van der Waals surface area (Å²) in [7, 11) is 0. The monoisotopic (exact) mass is 322 g/mol. The molecule has 122 valence electrons. The van der Waals surface area contributed by atoms with E-state index in [1.165, 1.54) is 0 Å². The highest BCUT2D eigenvalue weighted by Gasteiger charge is 2.34. The van der Waals surface area contributed by atoms with Gasteiger partial charge in [-0.3, -0.25) is 0 Å². The average Bonchev–Trinajstić information content (AvgIpc) is 2.78. The minimum absolute atomic E-state index is 0.0404. The van der Waals surface area contributed by atoms with Gasteiger partial charge in [-0.25, -0.2) is 9.18 Å². The highest BCUT2D eigenvalue weighted by molar-refractivity contribution is 5.65. The zero-order valence-corrected chi connectivity index (χ0v) is 11.3. The van der Waals surface area contributed by atoms with Crippen molar-refractivity contribution in [3.05, 3.63) is 35.1 Å². The Kier molecular flexibility index (Phi) is 4.57. The highest BCUT2D eigenvalue weighted by Crippen LogP contribution is 2.30. The molecule has 0 radical (unpaired) electrons. The molecular formula is C13H14F4N2O3. The summed E-state index contributed by atoms with van der Waals surface area (Å²) in [6.45, 7) is -0.149. The van der Waals surface area contributed by atoms with Crippen LogP contribution in [0.3, 0.4) is 0 Å². The van der Waals surface area contributed by atoms with Gasteiger partial charge in [0.05, 0.1) is 30.9 Å². The third kappa shape index (κ3) is 3.66. The fraction of sp³-hybridized carbons (Fsp3) is 0.462. The third-order valence-electron chi connectivity index (χ3n) is 3.41. The van der Waals surface area contributed by atoms with Crippen LogP contribution in [0.1, 0.15) is 11.1 Å². The van der Waals surface area contributed by atoms with Crippen LogP contribution in [-0.4, -0.2) is 41.3 Å². The molecule has 0 spiro atoms. The van der Waals surface area contributed by atoms with Crippen LogP contribution in [0.2, 0.25) is 0 Å². The van der Waals surface area contributed by atoms with Crippen molar-refractivity contribution in [3.63, 3.8) is 0 Å². The summed E-state index contributed by atoms with van der Waals surface area (Å²) in [5.74, 6) is -1.03. The summed E-state index contributed by atoms with van der Waals surface area (Å²) >= 11 is 0. The predicted molar refractivity (Wildman–Crippen MR) is 67.6 cm³/mol. The number of rotatable bonds is 3. The third-order valence-corrected chi connectivity index (χ3v) is 3.41. The number of nitrogens with two attached hydrogens (primary N) is 1. The Morgan fingerprint density at radius 2 is 2.09 bits per heavy atom. The molecule has 1 aromatic carbocycles. The van der Waals surface area contributed by atoms with Crippen LogP contribution < -0.4 is 5.73 Å². The minimum atomic E-state index is -4.62. The Labute approximate surface area is 123 Å². The van der Waals surface area contributed by atoms with Crippen molar-refractivity contribution in [3.8, 4) is 0 Å². The van der Waals surface area contributed by atoms with Crippen molar-refractivity contribution in [1.29, 1.82) is 0 Å². The molecular weight excluding hydrogens is 308 g/mol. The number of likely N-dealkylation sites (tertiary alicyclic amines) is 1. The van der Waals surface area contributed by atoms with Crippen molar-refractivity contribution in [1.82, 2.24) is 4.90 Å². The first kappa shape index (κ1) is 16.5. The topological polar surface area (TPSA) is 75.8 Å². The summed E-state index contributed by atoms with van der Waals surface area (Å²) in [6.07, 6.45) is -6.38. The van der Waals surface area contributed by atoms with Crippen molar-refractivity contribution in [2.45, 2.75) is 24.9 Å². The Morgan fingerprint density at radius 3 is 2.59 bits per heavy atom. The lowest BCUT2D eigenvalue weighted by Crippen LogP contribution is -2.35. The van der Waals surface area contributed by atoms with E-state index in [0.717, 1.165) is 17.0 Å². The summed E-state index contributed by atoms with van der Waals surface area (Å²) in [4.78, 5) is 11.9. The first-order valence-corrected chi connectivity index (χ1v) is 6.39.